The zero-order chi connectivity index (χ0) is 13.8. The summed E-state index contributed by atoms with van der Waals surface area (Å²) in [5.74, 6) is 1.03. The van der Waals surface area contributed by atoms with Gasteiger partial charge in [-0.05, 0) is 37.0 Å². The number of aromatic nitrogens is 1. The molecule has 1 aliphatic carbocycles. The minimum Gasteiger partial charge on any atom is -0.395 e. The first-order chi connectivity index (χ1) is 9.11. The molecule has 2 rings (SSSR count). The number of hydrogen-bond donors (Lipinski definition) is 2. The van der Waals surface area contributed by atoms with E-state index in [1.165, 1.54) is 24.0 Å². The molecule has 1 aromatic heterocycles. The van der Waals surface area contributed by atoms with Crippen molar-refractivity contribution in [3.63, 3.8) is 0 Å². The lowest BCUT2D eigenvalue weighted by Gasteiger charge is -2.24. The molecule has 106 valence electrons. The van der Waals surface area contributed by atoms with Crippen LogP contribution < -0.4 is 10.2 Å². The number of hydrogen-bond acceptors (Lipinski definition) is 4. The van der Waals surface area contributed by atoms with Crippen molar-refractivity contribution in [2.24, 2.45) is 0 Å². The maximum atomic E-state index is 9.19. The number of aliphatic hydroxyl groups excluding tert-OH is 1. The van der Waals surface area contributed by atoms with Gasteiger partial charge in [-0.25, -0.2) is 4.98 Å². The number of nitrogens with one attached hydrogen (secondary N) is 1. The highest BCUT2D eigenvalue weighted by atomic mass is 16.3. The number of aliphatic hydroxyl groups is 1. The Balaban J connectivity index is 2.08. The minimum atomic E-state index is 0.189. The molecule has 1 aromatic rings. The number of anilines is 1. The second-order valence-corrected chi connectivity index (χ2v) is 5.67. The fraction of sp³-hybridized carbons (Fsp3) is 0.667. The SMILES string of the molecule is Cc1cc(CNC(C)C)cnc1N(CCO)C1CC1. The van der Waals surface area contributed by atoms with Crippen LogP contribution in [0.4, 0.5) is 5.82 Å². The predicted molar refractivity (Wildman–Crippen MR) is 78.4 cm³/mol. The average Bonchev–Trinajstić information content (AvgIpc) is 3.18. The van der Waals surface area contributed by atoms with Crippen LogP contribution in [0.15, 0.2) is 12.3 Å². The smallest absolute Gasteiger partial charge is 0.131 e. The van der Waals surface area contributed by atoms with Crippen LogP contribution in [0.5, 0.6) is 0 Å². The van der Waals surface area contributed by atoms with Crippen molar-refractivity contribution < 1.29 is 5.11 Å². The van der Waals surface area contributed by atoms with Crippen molar-refractivity contribution >= 4 is 5.82 Å². The van der Waals surface area contributed by atoms with Crippen LogP contribution in [0.1, 0.15) is 37.8 Å². The third-order valence-corrected chi connectivity index (χ3v) is 3.42. The molecule has 0 aromatic carbocycles. The maximum Gasteiger partial charge on any atom is 0.131 e. The number of aryl methyl sites for hydroxylation is 1. The Bertz CT molecular complexity index is 416. The van der Waals surface area contributed by atoms with E-state index in [1.54, 1.807) is 0 Å². The molecule has 2 N–H and O–H groups in total. The topological polar surface area (TPSA) is 48.4 Å². The minimum absolute atomic E-state index is 0.189. The lowest BCUT2D eigenvalue weighted by atomic mass is 10.2. The molecule has 1 saturated carbocycles. The van der Waals surface area contributed by atoms with Gasteiger partial charge >= 0.3 is 0 Å². The summed E-state index contributed by atoms with van der Waals surface area (Å²) in [5.41, 5.74) is 2.41. The maximum absolute atomic E-state index is 9.19. The molecule has 0 saturated heterocycles. The van der Waals surface area contributed by atoms with E-state index >= 15 is 0 Å². The zero-order valence-electron chi connectivity index (χ0n) is 12.2. The fourth-order valence-electron chi connectivity index (χ4n) is 2.30. The quantitative estimate of drug-likeness (QED) is 0.788. The molecule has 0 unspecified atom stereocenters. The molecule has 0 amide bonds. The molecule has 0 bridgehead atoms. The van der Waals surface area contributed by atoms with Crippen LogP contribution >= 0.6 is 0 Å². The van der Waals surface area contributed by atoms with Gasteiger partial charge in [0.05, 0.1) is 6.61 Å². The number of rotatable bonds is 7. The van der Waals surface area contributed by atoms with Crippen molar-refractivity contribution in [2.75, 3.05) is 18.1 Å². The molecule has 1 aliphatic rings. The summed E-state index contributed by atoms with van der Waals surface area (Å²) in [5, 5.41) is 12.6. The molecule has 1 fully saturated rings. The lowest BCUT2D eigenvalue weighted by Crippen LogP contribution is -2.30. The van der Waals surface area contributed by atoms with E-state index in [2.05, 4.69) is 42.0 Å². The van der Waals surface area contributed by atoms with Crippen LogP contribution in [0.3, 0.4) is 0 Å². The van der Waals surface area contributed by atoms with Gasteiger partial charge in [0.2, 0.25) is 0 Å². The molecule has 19 heavy (non-hydrogen) atoms. The summed E-state index contributed by atoms with van der Waals surface area (Å²) < 4.78 is 0. The van der Waals surface area contributed by atoms with E-state index in [9.17, 15) is 5.11 Å². The van der Waals surface area contributed by atoms with Gasteiger partial charge in [-0.15, -0.1) is 0 Å². The summed E-state index contributed by atoms with van der Waals surface area (Å²) in [6.07, 6.45) is 4.39. The normalized spacial score (nSPS) is 15.0. The van der Waals surface area contributed by atoms with Crippen LogP contribution in [0, 0.1) is 6.92 Å². The van der Waals surface area contributed by atoms with E-state index < -0.39 is 0 Å². The lowest BCUT2D eigenvalue weighted by molar-refractivity contribution is 0.301. The average molecular weight is 263 g/mol. The Hall–Kier alpha value is -1.13. The van der Waals surface area contributed by atoms with Crippen molar-refractivity contribution in [1.82, 2.24) is 10.3 Å². The Kier molecular flexibility index (Phi) is 4.77. The van der Waals surface area contributed by atoms with Gasteiger partial charge in [0.15, 0.2) is 0 Å². The summed E-state index contributed by atoms with van der Waals surface area (Å²) in [4.78, 5) is 6.86. The van der Waals surface area contributed by atoms with E-state index in [0.29, 0.717) is 18.6 Å². The molecule has 0 aliphatic heterocycles. The summed E-state index contributed by atoms with van der Waals surface area (Å²) in [7, 11) is 0. The Morgan fingerprint density at radius 2 is 2.21 bits per heavy atom. The highest BCUT2D eigenvalue weighted by molar-refractivity contribution is 5.49. The first-order valence-electron chi connectivity index (χ1n) is 7.18. The van der Waals surface area contributed by atoms with E-state index in [4.69, 9.17) is 0 Å². The first-order valence-corrected chi connectivity index (χ1v) is 7.18. The van der Waals surface area contributed by atoms with Gasteiger partial charge in [-0.2, -0.15) is 0 Å². The summed E-state index contributed by atoms with van der Waals surface area (Å²) in [6.45, 7) is 8.12. The molecule has 0 spiro atoms. The van der Waals surface area contributed by atoms with Crippen molar-refractivity contribution in [3.05, 3.63) is 23.4 Å². The number of pyridine rings is 1. The molecule has 0 radical (unpaired) electrons. The largest absolute Gasteiger partial charge is 0.395 e. The molecule has 0 atom stereocenters. The van der Waals surface area contributed by atoms with Crippen LogP contribution in [-0.4, -0.2) is 35.3 Å². The molecular formula is C15H25N3O. The summed E-state index contributed by atoms with van der Waals surface area (Å²) >= 11 is 0. The Morgan fingerprint density at radius 1 is 1.47 bits per heavy atom. The third-order valence-electron chi connectivity index (χ3n) is 3.42. The van der Waals surface area contributed by atoms with Crippen LogP contribution in [-0.2, 0) is 6.54 Å². The van der Waals surface area contributed by atoms with Gasteiger partial charge in [-0.1, -0.05) is 13.8 Å². The van der Waals surface area contributed by atoms with Crippen LogP contribution in [0.25, 0.3) is 0 Å². The summed E-state index contributed by atoms with van der Waals surface area (Å²) in [6, 6.07) is 3.26. The monoisotopic (exact) mass is 263 g/mol. The van der Waals surface area contributed by atoms with Crippen molar-refractivity contribution in [1.29, 1.82) is 0 Å². The van der Waals surface area contributed by atoms with Gasteiger partial charge in [0.1, 0.15) is 5.82 Å². The van der Waals surface area contributed by atoms with E-state index in [1.807, 2.05) is 6.20 Å². The van der Waals surface area contributed by atoms with Crippen molar-refractivity contribution in [2.45, 2.75) is 52.2 Å². The highest BCUT2D eigenvalue weighted by Crippen LogP contribution is 2.32. The third kappa shape index (κ3) is 3.91. The van der Waals surface area contributed by atoms with Gasteiger partial charge in [0, 0.05) is 31.4 Å². The highest BCUT2D eigenvalue weighted by Gasteiger charge is 2.30. The second-order valence-electron chi connectivity index (χ2n) is 5.67. The van der Waals surface area contributed by atoms with E-state index in [0.717, 1.165) is 12.4 Å². The van der Waals surface area contributed by atoms with Crippen LogP contribution in [0.2, 0.25) is 0 Å². The molecule has 4 nitrogen and oxygen atoms in total. The Morgan fingerprint density at radius 3 is 2.74 bits per heavy atom. The van der Waals surface area contributed by atoms with E-state index in [-0.39, 0.29) is 6.61 Å². The zero-order valence-corrected chi connectivity index (χ0v) is 12.2. The van der Waals surface area contributed by atoms with Gasteiger partial charge < -0.3 is 15.3 Å². The predicted octanol–water partition coefficient (Wildman–Crippen LogP) is 1.85. The van der Waals surface area contributed by atoms with Gasteiger partial charge in [-0.3, -0.25) is 0 Å². The van der Waals surface area contributed by atoms with Crippen molar-refractivity contribution in [3.8, 4) is 0 Å². The second kappa shape index (κ2) is 6.35. The molecular weight excluding hydrogens is 238 g/mol. The molecule has 4 heteroatoms. The van der Waals surface area contributed by atoms with Gasteiger partial charge in [0.25, 0.3) is 0 Å². The molecule has 1 heterocycles. The standard InChI is InChI=1S/C15H25N3O/c1-11(2)16-9-13-8-12(3)15(17-10-13)18(6-7-19)14-4-5-14/h8,10-11,14,16,19H,4-7,9H2,1-3H3. The Labute approximate surface area is 115 Å². The fourth-order valence-corrected chi connectivity index (χ4v) is 2.30. The first kappa shape index (κ1) is 14.3. The number of nitrogens with zero attached hydrogens (tertiary/aromatic N) is 2.